The Morgan fingerprint density at radius 3 is 1.50 bits per heavy atom. The molecule has 0 bridgehead atoms. The molecule has 4 nitrogen and oxygen atoms in total. The topological polar surface area (TPSA) is 43.6 Å². The third-order valence-corrected chi connectivity index (χ3v) is 11.8. The fourth-order valence-electron chi connectivity index (χ4n) is 7.96. The molecule has 0 N–H and O–H groups in total. The van der Waals surface area contributed by atoms with Crippen LogP contribution in [-0.2, 0) is 0 Å². The molecule has 11 aromatic rings. The van der Waals surface area contributed by atoms with E-state index in [1.807, 2.05) is 47.7 Å². The van der Waals surface area contributed by atoms with Crippen molar-refractivity contribution in [3.8, 4) is 62.1 Å². The Hall–Kier alpha value is -7.21. The molecule has 0 saturated carbocycles. The Balaban J connectivity index is 1.20. The maximum Gasteiger partial charge on any atom is 0.164 e. The summed E-state index contributed by atoms with van der Waals surface area (Å²) in [7, 11) is 0. The van der Waals surface area contributed by atoms with Crippen LogP contribution in [0.15, 0.2) is 194 Å². The van der Waals surface area contributed by atoms with Gasteiger partial charge in [0.2, 0.25) is 0 Å². The number of fused-ring (bicyclic) bond motifs is 7. The molecule has 262 valence electrons. The smallest absolute Gasteiger partial charge is 0.164 e. The maximum atomic E-state index is 5.16. The summed E-state index contributed by atoms with van der Waals surface area (Å²) in [6.07, 6.45) is 0. The van der Waals surface area contributed by atoms with E-state index in [9.17, 15) is 0 Å². The molecule has 0 unspecified atom stereocenters. The zero-order valence-electron chi connectivity index (χ0n) is 30.2. The highest BCUT2D eigenvalue weighted by atomic mass is 32.1. The van der Waals surface area contributed by atoms with Crippen LogP contribution in [0.25, 0.3) is 104 Å². The Morgan fingerprint density at radius 1 is 0.339 bits per heavy atom. The van der Waals surface area contributed by atoms with E-state index in [-0.39, 0.29) is 0 Å². The summed E-state index contributed by atoms with van der Waals surface area (Å²) >= 11 is 1.87. The van der Waals surface area contributed by atoms with Crippen LogP contribution >= 0.6 is 11.3 Å². The van der Waals surface area contributed by atoms with Crippen molar-refractivity contribution in [2.24, 2.45) is 0 Å². The van der Waals surface area contributed by atoms with Gasteiger partial charge in [0.1, 0.15) is 0 Å². The van der Waals surface area contributed by atoms with E-state index in [0.29, 0.717) is 17.5 Å². The van der Waals surface area contributed by atoms with E-state index in [1.54, 1.807) is 0 Å². The van der Waals surface area contributed by atoms with E-state index in [1.165, 1.54) is 47.6 Å². The molecule has 0 aliphatic carbocycles. The van der Waals surface area contributed by atoms with Crippen molar-refractivity contribution in [1.29, 1.82) is 0 Å². The van der Waals surface area contributed by atoms with Crippen molar-refractivity contribution < 1.29 is 0 Å². The summed E-state index contributed by atoms with van der Waals surface area (Å²) in [6, 6.07) is 68.6. The van der Waals surface area contributed by atoms with Gasteiger partial charge < -0.3 is 4.57 Å². The molecule has 56 heavy (non-hydrogen) atoms. The first kappa shape index (κ1) is 32.2. The first-order valence-electron chi connectivity index (χ1n) is 18.8. The highest BCUT2D eigenvalue weighted by Crippen LogP contribution is 2.44. The number of nitrogens with zero attached hydrogens (tertiary/aromatic N) is 4. The van der Waals surface area contributed by atoms with Gasteiger partial charge in [-0.1, -0.05) is 158 Å². The number of benzene rings is 8. The number of thiophene rings is 1. The summed E-state index contributed by atoms with van der Waals surface area (Å²) in [6.45, 7) is 0. The molecule has 0 spiro atoms. The quantitative estimate of drug-likeness (QED) is 0.171. The minimum absolute atomic E-state index is 0.623. The van der Waals surface area contributed by atoms with Crippen LogP contribution in [0.4, 0.5) is 0 Å². The number of rotatable bonds is 6. The molecule has 11 rings (SSSR count). The van der Waals surface area contributed by atoms with E-state index in [4.69, 9.17) is 15.0 Å². The van der Waals surface area contributed by atoms with Gasteiger partial charge in [0.15, 0.2) is 17.5 Å². The Kier molecular flexibility index (Phi) is 7.64. The predicted octanol–water partition coefficient (Wildman–Crippen LogP) is 13.7. The summed E-state index contributed by atoms with van der Waals surface area (Å²) in [5.74, 6) is 1.90. The third-order valence-electron chi connectivity index (χ3n) is 10.6. The molecule has 0 saturated heterocycles. The van der Waals surface area contributed by atoms with Crippen LogP contribution < -0.4 is 0 Å². The van der Waals surface area contributed by atoms with E-state index in [0.717, 1.165) is 39.0 Å². The molecule has 0 radical (unpaired) electrons. The van der Waals surface area contributed by atoms with Gasteiger partial charge in [0.05, 0.1) is 15.7 Å². The van der Waals surface area contributed by atoms with Crippen molar-refractivity contribution >= 4 is 53.3 Å². The summed E-state index contributed by atoms with van der Waals surface area (Å²) in [5.41, 5.74) is 10.9. The van der Waals surface area contributed by atoms with Gasteiger partial charge in [-0.3, -0.25) is 0 Å². The Bertz CT molecular complexity index is 3170. The number of hydrogen-bond acceptors (Lipinski definition) is 4. The van der Waals surface area contributed by atoms with Gasteiger partial charge in [-0.2, -0.15) is 0 Å². The zero-order valence-corrected chi connectivity index (χ0v) is 31.0. The largest absolute Gasteiger partial charge is 0.308 e. The second kappa shape index (κ2) is 13.3. The van der Waals surface area contributed by atoms with Gasteiger partial charge in [-0.25, -0.2) is 15.0 Å². The molecule has 3 heterocycles. The number of para-hydroxylation sites is 1. The lowest BCUT2D eigenvalue weighted by Crippen LogP contribution is -2.01. The van der Waals surface area contributed by atoms with Crippen molar-refractivity contribution in [3.05, 3.63) is 194 Å². The highest BCUT2D eigenvalue weighted by molar-refractivity contribution is 7.26. The first-order chi connectivity index (χ1) is 27.7. The summed E-state index contributed by atoms with van der Waals surface area (Å²) in [5, 5.41) is 4.98. The monoisotopic (exact) mass is 732 g/mol. The lowest BCUT2D eigenvalue weighted by Gasteiger charge is -2.14. The van der Waals surface area contributed by atoms with Gasteiger partial charge >= 0.3 is 0 Å². The van der Waals surface area contributed by atoms with Gasteiger partial charge in [-0.15, -0.1) is 11.3 Å². The molecule has 0 fully saturated rings. The minimum Gasteiger partial charge on any atom is -0.308 e. The maximum absolute atomic E-state index is 5.16. The van der Waals surface area contributed by atoms with Gasteiger partial charge in [0, 0.05) is 48.6 Å². The fourth-order valence-corrected chi connectivity index (χ4v) is 9.19. The second-order valence-electron chi connectivity index (χ2n) is 14.0. The van der Waals surface area contributed by atoms with Gasteiger partial charge in [-0.05, 0) is 58.7 Å². The first-order valence-corrected chi connectivity index (χ1v) is 19.6. The third kappa shape index (κ3) is 5.48. The fraction of sp³-hybridized carbons (Fsp3) is 0. The molecule has 8 aromatic carbocycles. The van der Waals surface area contributed by atoms with Crippen LogP contribution in [0.3, 0.4) is 0 Å². The van der Waals surface area contributed by atoms with Crippen LogP contribution in [0.2, 0.25) is 0 Å². The van der Waals surface area contributed by atoms with Crippen molar-refractivity contribution in [1.82, 2.24) is 19.5 Å². The molecular weight excluding hydrogens is 701 g/mol. The summed E-state index contributed by atoms with van der Waals surface area (Å²) < 4.78 is 4.99. The molecule has 3 aromatic heterocycles. The van der Waals surface area contributed by atoms with Crippen molar-refractivity contribution in [2.75, 3.05) is 0 Å². The Morgan fingerprint density at radius 2 is 0.857 bits per heavy atom. The zero-order chi connectivity index (χ0) is 37.0. The normalized spacial score (nSPS) is 11.6. The van der Waals surface area contributed by atoms with Crippen molar-refractivity contribution in [3.63, 3.8) is 0 Å². The molecule has 0 aliphatic rings. The van der Waals surface area contributed by atoms with Crippen LogP contribution in [0.5, 0.6) is 0 Å². The van der Waals surface area contributed by atoms with Crippen LogP contribution in [0.1, 0.15) is 0 Å². The average molecular weight is 733 g/mol. The lowest BCUT2D eigenvalue weighted by atomic mass is 10.0. The molecule has 0 atom stereocenters. The predicted molar refractivity (Wildman–Crippen MR) is 234 cm³/mol. The SMILES string of the molecule is c1ccc(-c2cc(-c3nc(-c4ccccc4)nc(-c4ccccc4)n3)cc(-n3c4ccccc4c4ccc5c6cc(-c7ccccc7)ccc6sc5c43)c2)cc1. The van der Waals surface area contributed by atoms with E-state index in [2.05, 4.69) is 162 Å². The molecule has 0 aliphatic heterocycles. The van der Waals surface area contributed by atoms with Crippen LogP contribution in [0, 0.1) is 0 Å². The van der Waals surface area contributed by atoms with Gasteiger partial charge in [0.25, 0.3) is 0 Å². The average Bonchev–Trinajstić information content (AvgIpc) is 3.83. The molecule has 5 heteroatoms. The van der Waals surface area contributed by atoms with E-state index >= 15 is 0 Å². The van der Waals surface area contributed by atoms with Crippen LogP contribution in [-0.4, -0.2) is 19.5 Å². The second-order valence-corrected chi connectivity index (χ2v) is 15.1. The summed E-state index contributed by atoms with van der Waals surface area (Å²) in [4.78, 5) is 15.3. The highest BCUT2D eigenvalue weighted by Gasteiger charge is 2.20. The number of aromatic nitrogens is 4. The molecular formula is C51H32N4S. The van der Waals surface area contributed by atoms with Crippen molar-refractivity contribution in [2.45, 2.75) is 0 Å². The number of hydrogen-bond donors (Lipinski definition) is 0. The lowest BCUT2D eigenvalue weighted by molar-refractivity contribution is 1.07. The Labute approximate surface area is 327 Å². The molecule has 0 amide bonds. The van der Waals surface area contributed by atoms with E-state index < -0.39 is 0 Å². The minimum atomic E-state index is 0.623. The standard InChI is InChI=1S/C51H32N4S/c1-5-15-33(16-6-1)37-25-28-46-44(32-37)43-27-26-42-41-23-13-14-24-45(41)55(47(42)48(43)56-46)40-30-38(34-17-7-2-8-18-34)29-39(31-40)51-53-49(35-19-9-3-10-20-35)52-50(54-51)36-21-11-4-12-22-36/h1-32H.